The van der Waals surface area contributed by atoms with Gasteiger partial charge in [-0.3, -0.25) is 0 Å². The van der Waals surface area contributed by atoms with E-state index in [1.807, 2.05) is 0 Å². The van der Waals surface area contributed by atoms with E-state index in [4.69, 9.17) is 10.2 Å². The number of aliphatic hydroxyl groups is 2. The molecule has 0 aliphatic heterocycles. The molecule has 0 amide bonds. The Kier molecular flexibility index (Phi) is 4.08. The summed E-state index contributed by atoms with van der Waals surface area (Å²) < 4.78 is 4.05. The molecule has 4 nitrogen and oxygen atoms in total. The molecule has 0 rings (SSSR count). The van der Waals surface area contributed by atoms with Crippen LogP contribution in [-0.2, 0) is 28.9 Å². The second-order valence-electron chi connectivity index (χ2n) is 1.12. The third-order valence-electron chi connectivity index (χ3n) is 0.546. The molecule has 45 valence electrons. The fourth-order valence-electron chi connectivity index (χ4n) is 0.143. The predicted octanol–water partition coefficient (Wildman–Crippen LogP) is -1.66. The van der Waals surface area contributed by atoms with Crippen molar-refractivity contribution in [3.63, 3.8) is 0 Å². The average Bonchev–Trinajstić information content (AvgIpc) is 1.84. The van der Waals surface area contributed by atoms with Crippen LogP contribution in [0.25, 0.3) is 0 Å². The molecule has 1 unspecified atom stereocenters. The molecule has 5 heteroatoms. The summed E-state index contributed by atoms with van der Waals surface area (Å²) in [7, 11) is 0. The SMILES string of the molecule is O=C([O][Ti])C(O)CO. The first-order chi connectivity index (χ1) is 3.72. The number of aliphatic hydroxyl groups excluding tert-OH is 2. The van der Waals surface area contributed by atoms with Crippen LogP contribution in [-0.4, -0.2) is 28.9 Å². The molecule has 2 N–H and O–H groups in total. The summed E-state index contributed by atoms with van der Waals surface area (Å²) in [6.07, 6.45) is -1.39. The predicted molar refractivity (Wildman–Crippen MR) is 19.2 cm³/mol. The molecule has 0 aromatic rings. The van der Waals surface area contributed by atoms with Crippen LogP contribution in [0.3, 0.4) is 0 Å². The Balaban J connectivity index is 3.46. The molecule has 0 aliphatic rings. The zero-order chi connectivity index (χ0) is 6.57. The molecule has 0 saturated heterocycles. The van der Waals surface area contributed by atoms with Crippen LogP contribution in [0.5, 0.6) is 0 Å². The summed E-state index contributed by atoms with van der Waals surface area (Å²) >= 11 is 1.14. The molecule has 0 heterocycles. The molecule has 8 heavy (non-hydrogen) atoms. The number of hydrogen-bond donors (Lipinski definition) is 2. The van der Waals surface area contributed by atoms with Crippen LogP contribution < -0.4 is 0 Å². The molecule has 0 aromatic heterocycles. The van der Waals surface area contributed by atoms with E-state index in [1.165, 1.54) is 0 Å². The minimum atomic E-state index is -1.39. The Labute approximate surface area is 58.3 Å². The van der Waals surface area contributed by atoms with Gasteiger partial charge in [-0.2, -0.15) is 0 Å². The zero-order valence-corrected chi connectivity index (χ0v) is 5.56. The second-order valence-corrected chi connectivity index (χ2v) is 1.44. The first-order valence-electron chi connectivity index (χ1n) is 1.88. The monoisotopic (exact) mass is 153 g/mol. The summed E-state index contributed by atoms with van der Waals surface area (Å²) in [6.45, 7) is -0.591. The van der Waals surface area contributed by atoms with Crippen molar-refractivity contribution in [2.24, 2.45) is 0 Å². The van der Waals surface area contributed by atoms with Gasteiger partial charge in [-0.25, -0.2) is 0 Å². The summed E-state index contributed by atoms with van der Waals surface area (Å²) in [6, 6.07) is 0. The van der Waals surface area contributed by atoms with Crippen molar-refractivity contribution >= 4 is 5.97 Å². The first kappa shape index (κ1) is 8.10. The Morgan fingerprint density at radius 1 is 1.88 bits per heavy atom. The van der Waals surface area contributed by atoms with Gasteiger partial charge in [-0.1, -0.05) is 0 Å². The van der Waals surface area contributed by atoms with Crippen molar-refractivity contribution in [1.29, 1.82) is 0 Å². The molecule has 0 spiro atoms. The van der Waals surface area contributed by atoms with Gasteiger partial charge in [0.2, 0.25) is 0 Å². The number of carbonyl (C=O) groups excluding carboxylic acids is 1. The van der Waals surface area contributed by atoms with Gasteiger partial charge in [0.15, 0.2) is 0 Å². The molecule has 0 aliphatic carbocycles. The van der Waals surface area contributed by atoms with Crippen LogP contribution in [0.15, 0.2) is 0 Å². The van der Waals surface area contributed by atoms with Gasteiger partial charge < -0.3 is 0 Å². The number of rotatable bonds is 2. The normalized spacial score (nSPS) is 12.6. The molecule has 0 fully saturated rings. The molecular formula is C3H5O4Ti. The first-order valence-corrected chi connectivity index (χ1v) is 2.52. The maximum atomic E-state index is 10.1. The minimum absolute atomic E-state index is 0.591. The Morgan fingerprint density at radius 3 is 2.50 bits per heavy atom. The van der Waals surface area contributed by atoms with Crippen molar-refractivity contribution in [1.82, 2.24) is 0 Å². The number of carbonyl (C=O) groups is 1. The standard InChI is InChI=1S/C3H6O4.Ti/c4-1-2(5)3(6)7;/h2,4-5H,1H2,(H,6,7);/q;+1/p-1. The van der Waals surface area contributed by atoms with Gasteiger partial charge in [0.1, 0.15) is 0 Å². The molecule has 0 radical (unpaired) electrons. The van der Waals surface area contributed by atoms with E-state index in [-0.39, 0.29) is 0 Å². The zero-order valence-electron chi connectivity index (χ0n) is 4.00. The van der Waals surface area contributed by atoms with E-state index in [1.54, 1.807) is 0 Å². The quantitative estimate of drug-likeness (QED) is 0.466. The van der Waals surface area contributed by atoms with Gasteiger partial charge in [0.25, 0.3) is 0 Å². The number of hydrogen-bond acceptors (Lipinski definition) is 4. The van der Waals surface area contributed by atoms with Crippen LogP contribution in [0.1, 0.15) is 0 Å². The summed E-state index contributed by atoms with van der Waals surface area (Å²) in [5, 5.41) is 16.5. The Bertz CT molecular complexity index is 83.4. The van der Waals surface area contributed by atoms with E-state index < -0.39 is 18.7 Å². The van der Waals surface area contributed by atoms with Gasteiger partial charge >= 0.3 is 57.8 Å². The maximum absolute atomic E-state index is 10.1. The topological polar surface area (TPSA) is 66.8 Å². The molecule has 0 aromatic carbocycles. The molecule has 0 bridgehead atoms. The Morgan fingerprint density at radius 2 is 2.38 bits per heavy atom. The van der Waals surface area contributed by atoms with E-state index in [9.17, 15) is 4.79 Å². The van der Waals surface area contributed by atoms with Crippen LogP contribution in [0, 0.1) is 0 Å². The summed E-state index contributed by atoms with van der Waals surface area (Å²) in [4.78, 5) is 10.1. The van der Waals surface area contributed by atoms with Gasteiger partial charge in [0, 0.05) is 0 Å². The van der Waals surface area contributed by atoms with Crippen molar-refractivity contribution in [3.8, 4) is 0 Å². The van der Waals surface area contributed by atoms with Crippen LogP contribution in [0.4, 0.5) is 0 Å². The van der Waals surface area contributed by atoms with E-state index in [0.717, 1.165) is 20.8 Å². The average molecular weight is 153 g/mol. The van der Waals surface area contributed by atoms with Crippen LogP contribution in [0.2, 0.25) is 0 Å². The fraction of sp³-hybridized carbons (Fsp3) is 0.667. The van der Waals surface area contributed by atoms with Crippen LogP contribution >= 0.6 is 0 Å². The van der Waals surface area contributed by atoms with Crippen molar-refractivity contribution < 1.29 is 39.1 Å². The fourth-order valence-corrected chi connectivity index (χ4v) is 0.355. The van der Waals surface area contributed by atoms with Gasteiger partial charge in [-0.05, 0) is 0 Å². The summed E-state index contributed by atoms with van der Waals surface area (Å²) in [5.41, 5.74) is 0. The third kappa shape index (κ3) is 2.42. The van der Waals surface area contributed by atoms with Crippen molar-refractivity contribution in [2.45, 2.75) is 6.10 Å². The van der Waals surface area contributed by atoms with E-state index in [2.05, 4.69) is 3.32 Å². The van der Waals surface area contributed by atoms with Crippen molar-refractivity contribution in [3.05, 3.63) is 0 Å². The second kappa shape index (κ2) is 4.03. The molecular weight excluding hydrogens is 148 g/mol. The summed E-state index contributed by atoms with van der Waals surface area (Å²) in [5.74, 6) is -0.812. The van der Waals surface area contributed by atoms with E-state index >= 15 is 0 Å². The van der Waals surface area contributed by atoms with Gasteiger partial charge in [0.05, 0.1) is 0 Å². The molecule has 1 atom stereocenters. The van der Waals surface area contributed by atoms with Gasteiger partial charge in [-0.15, -0.1) is 0 Å². The third-order valence-corrected chi connectivity index (χ3v) is 0.860. The molecule has 0 saturated carbocycles. The Hall–Kier alpha value is 0.104. The van der Waals surface area contributed by atoms with Crippen molar-refractivity contribution in [2.75, 3.05) is 6.61 Å². The van der Waals surface area contributed by atoms with E-state index in [0.29, 0.717) is 0 Å².